The van der Waals surface area contributed by atoms with Gasteiger partial charge in [-0.15, -0.1) is 0 Å². The Balaban J connectivity index is 2.72. The maximum absolute atomic E-state index is 11.2. The molecule has 6 heteroatoms. The number of carbonyl (C=O) groups excluding carboxylic acids is 1. The lowest BCUT2D eigenvalue weighted by Gasteiger charge is -2.13. The summed E-state index contributed by atoms with van der Waals surface area (Å²) in [5.74, 6) is -1.89. The lowest BCUT2D eigenvalue weighted by Crippen LogP contribution is -2.22. The van der Waals surface area contributed by atoms with Gasteiger partial charge < -0.3 is 20.1 Å². The van der Waals surface area contributed by atoms with E-state index in [1.54, 1.807) is 0 Å². The zero-order chi connectivity index (χ0) is 15.3. The number of phenolic OH excluding ortho intramolecular Hbond substituents is 1. The Morgan fingerprint density at radius 2 is 2.05 bits per heavy atom. The second-order valence-corrected chi connectivity index (χ2v) is 4.38. The maximum atomic E-state index is 11.2. The average molecular weight is 280 g/mol. The van der Waals surface area contributed by atoms with Gasteiger partial charge in [-0.1, -0.05) is 6.58 Å². The smallest absolute Gasteiger partial charge is 0.335 e. The zero-order valence-corrected chi connectivity index (χ0v) is 11.0. The third-order valence-electron chi connectivity index (χ3n) is 2.53. The summed E-state index contributed by atoms with van der Waals surface area (Å²) < 4.78 is 4.77. The molecule has 20 heavy (non-hydrogen) atoms. The Kier molecular flexibility index (Phi) is 5.28. The van der Waals surface area contributed by atoms with Crippen molar-refractivity contribution in [2.45, 2.75) is 19.4 Å². The molecule has 108 valence electrons. The highest BCUT2D eigenvalue weighted by molar-refractivity contribution is 5.89. The summed E-state index contributed by atoms with van der Waals surface area (Å²) in [5.41, 5.74) is 0.449. The first kappa shape index (κ1) is 15.7. The first-order valence-corrected chi connectivity index (χ1v) is 5.87. The number of esters is 1. The SMILES string of the molecule is C=C(C)C(=O)OCC(O)Cc1cc(O)ccc1C(=O)O. The molecule has 0 heterocycles. The highest BCUT2D eigenvalue weighted by atomic mass is 16.5. The number of rotatable bonds is 6. The molecule has 0 aliphatic rings. The number of hydrogen-bond donors (Lipinski definition) is 3. The minimum atomic E-state index is -1.16. The lowest BCUT2D eigenvalue weighted by molar-refractivity contribution is -0.141. The van der Waals surface area contributed by atoms with Gasteiger partial charge in [0.25, 0.3) is 0 Å². The summed E-state index contributed by atoms with van der Waals surface area (Å²) in [7, 11) is 0. The van der Waals surface area contributed by atoms with E-state index >= 15 is 0 Å². The zero-order valence-electron chi connectivity index (χ0n) is 11.0. The molecule has 0 aromatic heterocycles. The van der Waals surface area contributed by atoms with Crippen LogP contribution in [-0.2, 0) is 16.0 Å². The van der Waals surface area contributed by atoms with Gasteiger partial charge in [-0.25, -0.2) is 9.59 Å². The molecule has 1 atom stereocenters. The molecule has 0 saturated heterocycles. The Morgan fingerprint density at radius 3 is 2.60 bits per heavy atom. The van der Waals surface area contributed by atoms with Gasteiger partial charge in [0.05, 0.1) is 11.7 Å². The van der Waals surface area contributed by atoms with Gasteiger partial charge in [0.1, 0.15) is 12.4 Å². The molecule has 6 nitrogen and oxygen atoms in total. The van der Waals surface area contributed by atoms with Crippen molar-refractivity contribution in [1.29, 1.82) is 0 Å². The molecule has 0 aliphatic carbocycles. The molecule has 3 N–H and O–H groups in total. The molecule has 1 aromatic carbocycles. The quantitative estimate of drug-likeness (QED) is 0.532. The van der Waals surface area contributed by atoms with Crippen LogP contribution in [0.3, 0.4) is 0 Å². The Labute approximate surface area is 115 Å². The minimum Gasteiger partial charge on any atom is -0.508 e. The number of aromatic carboxylic acids is 1. The van der Waals surface area contributed by atoms with Gasteiger partial charge in [0, 0.05) is 12.0 Å². The van der Waals surface area contributed by atoms with Crippen molar-refractivity contribution in [1.82, 2.24) is 0 Å². The molecule has 1 aromatic rings. The van der Waals surface area contributed by atoms with Crippen LogP contribution in [0.5, 0.6) is 5.75 Å². The number of phenols is 1. The van der Waals surface area contributed by atoms with E-state index < -0.39 is 18.0 Å². The third kappa shape index (κ3) is 4.40. The molecule has 0 aliphatic heterocycles. The fraction of sp³-hybridized carbons (Fsp3) is 0.286. The minimum absolute atomic E-state index is 0.0203. The van der Waals surface area contributed by atoms with E-state index in [0.29, 0.717) is 0 Å². The van der Waals surface area contributed by atoms with Crippen molar-refractivity contribution in [3.8, 4) is 5.75 Å². The Morgan fingerprint density at radius 1 is 1.40 bits per heavy atom. The molecule has 0 saturated carbocycles. The van der Waals surface area contributed by atoms with E-state index in [9.17, 15) is 19.8 Å². The molecular formula is C14H16O6. The van der Waals surface area contributed by atoms with E-state index in [2.05, 4.69) is 6.58 Å². The molecule has 0 bridgehead atoms. The molecule has 1 unspecified atom stereocenters. The number of aliphatic hydroxyl groups excluding tert-OH is 1. The van der Waals surface area contributed by atoms with E-state index in [0.717, 1.165) is 0 Å². The predicted molar refractivity (Wildman–Crippen MR) is 70.5 cm³/mol. The van der Waals surface area contributed by atoms with Crippen molar-refractivity contribution in [3.63, 3.8) is 0 Å². The monoisotopic (exact) mass is 280 g/mol. The van der Waals surface area contributed by atoms with Gasteiger partial charge in [-0.3, -0.25) is 0 Å². The number of benzene rings is 1. The molecular weight excluding hydrogens is 264 g/mol. The summed E-state index contributed by atoms with van der Waals surface area (Å²) in [5, 5.41) is 28.1. The summed E-state index contributed by atoms with van der Waals surface area (Å²) in [6.07, 6.45) is -1.13. The Bertz CT molecular complexity index is 534. The fourth-order valence-electron chi connectivity index (χ4n) is 1.57. The number of carbonyl (C=O) groups is 2. The number of hydrogen-bond acceptors (Lipinski definition) is 5. The van der Waals surface area contributed by atoms with Crippen LogP contribution < -0.4 is 0 Å². The highest BCUT2D eigenvalue weighted by Gasteiger charge is 2.16. The van der Waals surface area contributed by atoms with Crippen molar-refractivity contribution in [3.05, 3.63) is 41.5 Å². The number of aromatic hydroxyl groups is 1. The van der Waals surface area contributed by atoms with Crippen LogP contribution in [-0.4, -0.2) is 40.0 Å². The molecule has 0 amide bonds. The first-order chi connectivity index (χ1) is 9.31. The van der Waals surface area contributed by atoms with Crippen LogP contribution in [0.4, 0.5) is 0 Å². The van der Waals surface area contributed by atoms with Gasteiger partial charge in [0.2, 0.25) is 0 Å². The van der Waals surface area contributed by atoms with Gasteiger partial charge >= 0.3 is 11.9 Å². The van der Waals surface area contributed by atoms with E-state index in [1.807, 2.05) is 0 Å². The van der Waals surface area contributed by atoms with Crippen molar-refractivity contribution < 1.29 is 29.6 Å². The first-order valence-electron chi connectivity index (χ1n) is 5.87. The van der Waals surface area contributed by atoms with Crippen LogP contribution in [0.1, 0.15) is 22.8 Å². The second kappa shape index (κ2) is 6.72. The number of carboxylic acid groups (broad SMARTS) is 1. The molecule has 0 fully saturated rings. The highest BCUT2D eigenvalue weighted by Crippen LogP contribution is 2.18. The molecule has 0 radical (unpaired) electrons. The Hall–Kier alpha value is -2.34. The van der Waals surface area contributed by atoms with Crippen molar-refractivity contribution in [2.75, 3.05) is 6.61 Å². The predicted octanol–water partition coefficient (Wildman–Crippen LogP) is 1.11. The van der Waals surface area contributed by atoms with Crippen LogP contribution in [0.25, 0.3) is 0 Å². The number of aliphatic hydroxyl groups is 1. The van der Waals surface area contributed by atoms with Crippen LogP contribution in [0.15, 0.2) is 30.4 Å². The second-order valence-electron chi connectivity index (χ2n) is 4.38. The van der Waals surface area contributed by atoms with E-state index in [1.165, 1.54) is 25.1 Å². The molecule has 0 spiro atoms. The fourth-order valence-corrected chi connectivity index (χ4v) is 1.57. The number of carboxylic acids is 1. The topological polar surface area (TPSA) is 104 Å². The van der Waals surface area contributed by atoms with E-state index in [-0.39, 0.29) is 35.5 Å². The normalized spacial score (nSPS) is 11.7. The van der Waals surface area contributed by atoms with Crippen molar-refractivity contribution in [2.24, 2.45) is 0 Å². The maximum Gasteiger partial charge on any atom is 0.335 e. The molecule has 1 rings (SSSR count). The van der Waals surface area contributed by atoms with Gasteiger partial charge in [-0.2, -0.15) is 0 Å². The van der Waals surface area contributed by atoms with Gasteiger partial charge in [-0.05, 0) is 30.7 Å². The largest absolute Gasteiger partial charge is 0.508 e. The van der Waals surface area contributed by atoms with Crippen LogP contribution in [0, 0.1) is 0 Å². The summed E-state index contributed by atoms with van der Waals surface area (Å²) >= 11 is 0. The lowest BCUT2D eigenvalue weighted by atomic mass is 10.0. The van der Waals surface area contributed by atoms with E-state index in [4.69, 9.17) is 9.84 Å². The number of ether oxygens (including phenoxy) is 1. The van der Waals surface area contributed by atoms with Crippen molar-refractivity contribution >= 4 is 11.9 Å². The average Bonchev–Trinajstić information content (AvgIpc) is 2.35. The third-order valence-corrected chi connectivity index (χ3v) is 2.53. The standard InChI is InChI=1S/C14H16O6/c1-8(2)14(19)20-7-11(16)6-9-5-10(15)3-4-12(9)13(17)18/h3-5,11,15-16H,1,6-7H2,2H3,(H,17,18). The van der Waals surface area contributed by atoms with Crippen LogP contribution >= 0.6 is 0 Å². The van der Waals surface area contributed by atoms with Gasteiger partial charge in [0.15, 0.2) is 0 Å². The summed E-state index contributed by atoms with van der Waals surface area (Å²) in [6.45, 7) is 4.60. The van der Waals surface area contributed by atoms with Crippen LogP contribution in [0.2, 0.25) is 0 Å². The summed E-state index contributed by atoms with van der Waals surface area (Å²) in [6, 6.07) is 3.76. The summed E-state index contributed by atoms with van der Waals surface area (Å²) in [4.78, 5) is 22.2.